The smallest absolute Gasteiger partial charge is 0.236 e. The first-order valence-electron chi connectivity index (χ1n) is 11.6. The fraction of sp³-hybridized carbons (Fsp3) is 0.542. The highest BCUT2D eigenvalue weighted by Crippen LogP contribution is 2.50. The van der Waals surface area contributed by atoms with Crippen LogP contribution in [0.3, 0.4) is 0 Å². The van der Waals surface area contributed by atoms with Crippen LogP contribution in [0.15, 0.2) is 18.5 Å². The summed E-state index contributed by atoms with van der Waals surface area (Å²) >= 11 is 0. The maximum absolute atomic E-state index is 13.2. The number of benzene rings is 1. The molecule has 0 bridgehead atoms. The number of nitrogens with zero attached hydrogens (tertiary/aromatic N) is 4. The molecule has 10 heteroatoms. The predicted molar refractivity (Wildman–Crippen MR) is 132 cm³/mol. The van der Waals surface area contributed by atoms with Gasteiger partial charge >= 0.3 is 0 Å². The number of nitriles is 1. The first kappa shape index (κ1) is 24.2. The zero-order valence-electron chi connectivity index (χ0n) is 19.9. The molecule has 4 rings (SSSR count). The molecular formula is C24H32N6O3S. The summed E-state index contributed by atoms with van der Waals surface area (Å²) in [7, 11) is -2.22. The minimum atomic E-state index is -3.75. The van der Waals surface area contributed by atoms with Crippen molar-refractivity contribution in [3.63, 3.8) is 0 Å². The van der Waals surface area contributed by atoms with Crippen molar-refractivity contribution in [1.29, 1.82) is 5.26 Å². The van der Waals surface area contributed by atoms with Crippen LogP contribution in [0.25, 0.3) is 11.3 Å². The summed E-state index contributed by atoms with van der Waals surface area (Å²) in [6.07, 6.45) is 5.23. The van der Waals surface area contributed by atoms with Gasteiger partial charge in [0, 0.05) is 24.2 Å². The lowest BCUT2D eigenvalue weighted by Crippen LogP contribution is -2.35. The molecule has 4 N–H and O–H groups in total. The van der Waals surface area contributed by atoms with Crippen LogP contribution < -0.4 is 20.5 Å². The molecule has 0 saturated heterocycles. The van der Waals surface area contributed by atoms with Crippen molar-refractivity contribution in [1.82, 2.24) is 9.97 Å². The van der Waals surface area contributed by atoms with E-state index in [9.17, 15) is 8.42 Å². The highest BCUT2D eigenvalue weighted by Gasteiger charge is 2.38. The molecule has 1 heterocycles. The van der Waals surface area contributed by atoms with Gasteiger partial charge in [-0.25, -0.2) is 18.4 Å². The lowest BCUT2D eigenvalue weighted by atomic mass is 9.71. The summed E-state index contributed by atoms with van der Waals surface area (Å²) < 4.78 is 34.1. The SMILES string of the molecule is CN(c1c(O[C@H]2CC[C@H](N)CC2)ccc2c1CC(C)(C)c1c(N)ncnc1-2)S(=O)(=O)CCC#N. The Labute approximate surface area is 201 Å². The molecule has 34 heavy (non-hydrogen) atoms. The third-order valence-electron chi connectivity index (χ3n) is 6.89. The zero-order chi connectivity index (χ0) is 24.7. The lowest BCUT2D eigenvalue weighted by Gasteiger charge is -2.37. The number of hydrogen-bond acceptors (Lipinski definition) is 8. The number of sulfonamides is 1. The van der Waals surface area contributed by atoms with Crippen LogP contribution in [0.4, 0.5) is 11.5 Å². The molecule has 0 radical (unpaired) electrons. The molecule has 0 unspecified atom stereocenters. The molecular weight excluding hydrogens is 452 g/mol. The number of anilines is 2. The predicted octanol–water partition coefficient (Wildman–Crippen LogP) is 2.89. The highest BCUT2D eigenvalue weighted by molar-refractivity contribution is 7.92. The standard InChI is InChI=1S/C24H32N6O3S/c1-24(2)13-18-17(21-20(24)23(27)29-14-28-21)9-10-19(33-16-7-5-15(26)6-8-16)22(18)30(3)34(31,32)12-4-11-25/h9-10,14-16H,4-8,12-13,26H2,1-3H3,(H2,27,28,29)/t15-,16-. The Balaban J connectivity index is 1.87. The second-order valence-electron chi connectivity index (χ2n) is 9.83. The number of fused-ring (bicyclic) bond motifs is 3. The second kappa shape index (κ2) is 9.04. The number of nitrogens with two attached hydrogens (primary N) is 2. The van der Waals surface area contributed by atoms with E-state index in [0.29, 0.717) is 29.4 Å². The number of nitrogen functional groups attached to an aromatic ring is 1. The first-order valence-corrected chi connectivity index (χ1v) is 13.2. The van der Waals surface area contributed by atoms with E-state index in [1.807, 2.05) is 18.2 Å². The number of aromatic nitrogens is 2. The average molecular weight is 485 g/mol. The quantitative estimate of drug-likeness (QED) is 0.636. The molecule has 0 amide bonds. The van der Waals surface area contributed by atoms with Crippen molar-refractivity contribution in [2.24, 2.45) is 5.73 Å². The van der Waals surface area contributed by atoms with Crippen molar-refractivity contribution in [3.8, 4) is 23.1 Å². The molecule has 2 aliphatic carbocycles. The molecule has 1 saturated carbocycles. The van der Waals surface area contributed by atoms with E-state index in [1.165, 1.54) is 17.7 Å². The van der Waals surface area contributed by atoms with E-state index in [4.69, 9.17) is 21.5 Å². The third kappa shape index (κ3) is 4.42. The van der Waals surface area contributed by atoms with Crippen LogP contribution in [-0.2, 0) is 21.9 Å². The Morgan fingerprint density at radius 2 is 1.94 bits per heavy atom. The molecule has 0 spiro atoms. The maximum Gasteiger partial charge on any atom is 0.236 e. The van der Waals surface area contributed by atoms with Gasteiger partial charge in [0.2, 0.25) is 10.0 Å². The Hall–Kier alpha value is -2.90. The summed E-state index contributed by atoms with van der Waals surface area (Å²) in [4.78, 5) is 8.71. The Kier molecular flexibility index (Phi) is 6.44. The Morgan fingerprint density at radius 1 is 1.24 bits per heavy atom. The summed E-state index contributed by atoms with van der Waals surface area (Å²) in [6.45, 7) is 4.11. The first-order chi connectivity index (χ1) is 16.0. The molecule has 1 aromatic carbocycles. The Morgan fingerprint density at radius 3 is 2.62 bits per heavy atom. The minimum absolute atomic E-state index is 0.0336. The monoisotopic (exact) mass is 484 g/mol. The van der Waals surface area contributed by atoms with E-state index in [0.717, 1.165) is 42.4 Å². The van der Waals surface area contributed by atoms with Crippen LogP contribution in [-0.4, -0.2) is 43.3 Å². The van der Waals surface area contributed by atoms with Gasteiger partial charge in [-0.05, 0) is 55.2 Å². The van der Waals surface area contributed by atoms with Gasteiger partial charge in [0.1, 0.15) is 17.9 Å². The van der Waals surface area contributed by atoms with Crippen LogP contribution in [0, 0.1) is 11.3 Å². The Bertz CT molecular complexity index is 1230. The van der Waals surface area contributed by atoms with Gasteiger partial charge in [-0.2, -0.15) is 5.26 Å². The zero-order valence-corrected chi connectivity index (χ0v) is 20.7. The topological polar surface area (TPSA) is 148 Å². The van der Waals surface area contributed by atoms with Crippen LogP contribution in [0.1, 0.15) is 57.1 Å². The van der Waals surface area contributed by atoms with E-state index >= 15 is 0 Å². The summed E-state index contributed by atoms with van der Waals surface area (Å²) in [5, 5.41) is 8.98. The lowest BCUT2D eigenvalue weighted by molar-refractivity contribution is 0.147. The van der Waals surface area contributed by atoms with Crippen molar-refractivity contribution in [3.05, 3.63) is 29.6 Å². The summed E-state index contributed by atoms with van der Waals surface area (Å²) in [5.41, 5.74) is 15.6. The van der Waals surface area contributed by atoms with Gasteiger partial charge in [-0.3, -0.25) is 4.31 Å². The molecule has 0 aliphatic heterocycles. The normalized spacial score (nSPS) is 21.1. The van der Waals surface area contributed by atoms with Crippen molar-refractivity contribution in [2.75, 3.05) is 22.8 Å². The largest absolute Gasteiger partial charge is 0.488 e. The van der Waals surface area contributed by atoms with Crippen molar-refractivity contribution < 1.29 is 13.2 Å². The van der Waals surface area contributed by atoms with Crippen LogP contribution >= 0.6 is 0 Å². The van der Waals surface area contributed by atoms with Gasteiger partial charge in [-0.15, -0.1) is 0 Å². The molecule has 2 aliphatic rings. The third-order valence-corrected chi connectivity index (χ3v) is 8.63. The van der Waals surface area contributed by atoms with E-state index < -0.39 is 15.4 Å². The average Bonchev–Trinajstić information content (AvgIpc) is 2.78. The minimum Gasteiger partial charge on any atom is -0.488 e. The number of rotatable bonds is 6. The van der Waals surface area contributed by atoms with Gasteiger partial charge in [0.15, 0.2) is 0 Å². The molecule has 1 fully saturated rings. The molecule has 2 aromatic rings. The van der Waals surface area contributed by atoms with Gasteiger partial charge < -0.3 is 16.2 Å². The van der Waals surface area contributed by atoms with Gasteiger partial charge in [0.25, 0.3) is 0 Å². The van der Waals surface area contributed by atoms with E-state index in [1.54, 1.807) is 0 Å². The van der Waals surface area contributed by atoms with Gasteiger partial charge in [0.05, 0.1) is 35.7 Å². The second-order valence-corrected chi connectivity index (χ2v) is 11.9. The van der Waals surface area contributed by atoms with Crippen molar-refractivity contribution in [2.45, 2.75) is 69.9 Å². The molecule has 1 aromatic heterocycles. The van der Waals surface area contributed by atoms with Gasteiger partial charge in [-0.1, -0.05) is 13.8 Å². The van der Waals surface area contributed by atoms with Crippen molar-refractivity contribution >= 4 is 21.5 Å². The molecule has 0 atom stereocenters. The molecule has 9 nitrogen and oxygen atoms in total. The van der Waals surface area contributed by atoms with E-state index in [-0.39, 0.29) is 24.3 Å². The summed E-state index contributed by atoms with van der Waals surface area (Å²) in [5.74, 6) is 0.677. The highest BCUT2D eigenvalue weighted by atomic mass is 32.2. The maximum atomic E-state index is 13.2. The van der Waals surface area contributed by atoms with Crippen LogP contribution in [0.5, 0.6) is 5.75 Å². The molecule has 182 valence electrons. The number of hydrogen-bond donors (Lipinski definition) is 2. The fourth-order valence-corrected chi connectivity index (χ4v) is 6.20. The summed E-state index contributed by atoms with van der Waals surface area (Å²) in [6, 6.07) is 5.86. The fourth-order valence-electron chi connectivity index (χ4n) is 5.09. The van der Waals surface area contributed by atoms with E-state index in [2.05, 4.69) is 23.8 Å². The van der Waals surface area contributed by atoms with Crippen LogP contribution in [0.2, 0.25) is 0 Å². The number of ether oxygens (including phenoxy) is 1.